The largest absolute Gasteiger partial charge is 0.493 e. The molecule has 388 valence electrons. The number of benzene rings is 4. The second-order valence-corrected chi connectivity index (χ2v) is 20.4. The number of halogens is 6. The Morgan fingerprint density at radius 1 is 0.597 bits per heavy atom. The van der Waals surface area contributed by atoms with Gasteiger partial charge in [-0.1, -0.05) is 75.5 Å². The lowest BCUT2D eigenvalue weighted by atomic mass is 9.93. The molecule has 6 aromatic rings. The number of aromatic nitrogens is 2. The van der Waals surface area contributed by atoms with Crippen LogP contribution in [0.5, 0.6) is 11.5 Å². The molecule has 4 heterocycles. The van der Waals surface area contributed by atoms with Crippen LogP contribution in [0.3, 0.4) is 0 Å². The van der Waals surface area contributed by atoms with Crippen molar-refractivity contribution in [1.82, 2.24) is 30.0 Å². The van der Waals surface area contributed by atoms with E-state index in [-0.39, 0.29) is 36.1 Å². The molecule has 2 aromatic heterocycles. The average Bonchev–Trinajstić information content (AvgIpc) is 3.39. The lowest BCUT2D eigenvalue weighted by Crippen LogP contribution is -2.43. The molecule has 0 aliphatic carbocycles. The van der Waals surface area contributed by atoms with Crippen molar-refractivity contribution in [2.24, 2.45) is 11.8 Å². The predicted octanol–water partition coefficient (Wildman–Crippen LogP) is 14.0. The van der Waals surface area contributed by atoms with Crippen LogP contribution in [0.15, 0.2) is 146 Å². The summed E-state index contributed by atoms with van der Waals surface area (Å²) in [6, 6.07) is 42.1. The van der Waals surface area contributed by atoms with Crippen LogP contribution in [0, 0.1) is 23.5 Å². The molecule has 2 unspecified atom stereocenters. The minimum Gasteiger partial charge on any atom is -0.493 e. The first-order valence-electron chi connectivity index (χ1n) is 25.1. The van der Waals surface area contributed by atoms with Gasteiger partial charge in [-0.3, -0.25) is 24.7 Å². The van der Waals surface area contributed by atoms with Crippen LogP contribution in [-0.2, 0) is 0 Å². The summed E-state index contributed by atoms with van der Waals surface area (Å²) in [6.45, 7) is 17.7. The summed E-state index contributed by atoms with van der Waals surface area (Å²) in [5.74, 6) is 2.31. The Bertz CT molecular complexity index is 2360. The Kier molecular flexibility index (Phi) is 25.7. The van der Waals surface area contributed by atoms with Gasteiger partial charge in [0.05, 0.1) is 30.1 Å². The number of likely N-dealkylation sites (tertiary alicyclic amines) is 1. The normalized spacial score (nSPS) is 15.2. The SMILES string of the molecule is CC(C)N(CC1CCN(CCOc2ccc(F)cc2)CC1)C(c1ccc(Cl)cc1)c1ccccn1.CC(C)N(CC1CCNCC1)C(c1ccc(Cl)cc1)c1ccccn1.Cl.Fc1ccc(OCCBr)cc1. The van der Waals surface area contributed by atoms with Gasteiger partial charge in [-0.25, -0.2) is 8.78 Å². The van der Waals surface area contributed by atoms with Gasteiger partial charge in [-0.2, -0.15) is 0 Å². The van der Waals surface area contributed by atoms with Crippen LogP contribution in [0.1, 0.15) is 88.0 Å². The molecule has 0 saturated carbocycles. The van der Waals surface area contributed by atoms with Crippen molar-refractivity contribution in [2.45, 2.75) is 77.5 Å². The van der Waals surface area contributed by atoms with Gasteiger partial charge in [0.2, 0.25) is 0 Å². The van der Waals surface area contributed by atoms with Crippen LogP contribution in [0.4, 0.5) is 8.78 Å². The highest BCUT2D eigenvalue weighted by molar-refractivity contribution is 9.09. The highest BCUT2D eigenvalue weighted by Gasteiger charge is 2.31. The molecule has 8 nitrogen and oxygen atoms in total. The maximum atomic E-state index is 13.1. The van der Waals surface area contributed by atoms with Crippen LogP contribution >= 0.6 is 51.5 Å². The van der Waals surface area contributed by atoms with Crippen molar-refractivity contribution in [3.8, 4) is 11.5 Å². The smallest absolute Gasteiger partial charge is 0.123 e. The van der Waals surface area contributed by atoms with Crippen molar-refractivity contribution >= 4 is 51.5 Å². The fourth-order valence-corrected chi connectivity index (χ4v) is 9.64. The molecule has 2 fully saturated rings. The molecule has 2 aliphatic rings. The van der Waals surface area contributed by atoms with Crippen LogP contribution in [-0.4, -0.2) is 101 Å². The minimum atomic E-state index is -0.240. The molecule has 0 amide bonds. The Morgan fingerprint density at radius 3 is 1.40 bits per heavy atom. The Labute approximate surface area is 452 Å². The van der Waals surface area contributed by atoms with E-state index < -0.39 is 0 Å². The maximum Gasteiger partial charge on any atom is 0.123 e. The molecular formula is C58H72BrCl3F2N6O2. The standard InChI is InChI=1S/C29H35ClFN3O.C21H28ClN3.C8H8BrFO.ClH/c1-22(2)34(29(28-5-3-4-16-32-28)24-6-8-25(30)9-7-24)21-23-14-17-33(18-15-23)19-20-35-27-12-10-26(31)11-13-27;1-16(2)25(15-17-10-13-23-14-11-17)21(20-5-3-4-12-24-20)18-6-8-19(22)9-7-18;9-5-6-11-8-3-1-7(10)2-4-8;/h3-13,16,22-23,29H,14-15,17-21H2,1-2H3;3-9,12,16-17,21,23H,10-11,13-15H2,1-2H3;1-4H,5-6H2;1H. The van der Waals surface area contributed by atoms with Gasteiger partial charge in [0, 0.05) is 59.5 Å². The van der Waals surface area contributed by atoms with Crippen molar-refractivity contribution < 1.29 is 18.3 Å². The summed E-state index contributed by atoms with van der Waals surface area (Å²) in [6.07, 6.45) is 8.59. The number of ether oxygens (including phenoxy) is 2. The van der Waals surface area contributed by atoms with Crippen LogP contribution in [0.2, 0.25) is 10.0 Å². The van der Waals surface area contributed by atoms with Gasteiger partial charge in [-0.15, -0.1) is 12.4 Å². The lowest BCUT2D eigenvalue weighted by molar-refractivity contribution is 0.0983. The van der Waals surface area contributed by atoms with Gasteiger partial charge in [-0.05, 0) is 200 Å². The quantitative estimate of drug-likeness (QED) is 0.0805. The zero-order valence-corrected chi connectivity index (χ0v) is 46.0. The third kappa shape index (κ3) is 19.3. The second-order valence-electron chi connectivity index (χ2n) is 18.8. The summed E-state index contributed by atoms with van der Waals surface area (Å²) in [4.78, 5) is 17.1. The number of hydrogen-bond acceptors (Lipinski definition) is 8. The van der Waals surface area contributed by atoms with E-state index in [1.54, 1.807) is 24.3 Å². The van der Waals surface area contributed by atoms with Crippen LogP contribution < -0.4 is 14.8 Å². The lowest BCUT2D eigenvalue weighted by Gasteiger charge is -2.40. The monoisotopic (exact) mass is 1110 g/mol. The minimum absolute atomic E-state index is 0. The van der Waals surface area contributed by atoms with Crippen molar-refractivity contribution in [2.75, 3.05) is 64.4 Å². The Balaban J connectivity index is 0.000000226. The second kappa shape index (κ2) is 31.5. The first-order valence-corrected chi connectivity index (χ1v) is 26.9. The number of nitrogens with zero attached hydrogens (tertiary/aromatic N) is 5. The number of alkyl halides is 1. The molecule has 14 heteroatoms. The van der Waals surface area contributed by atoms with Crippen molar-refractivity contribution in [1.29, 1.82) is 0 Å². The highest BCUT2D eigenvalue weighted by Crippen LogP contribution is 2.34. The number of rotatable bonds is 19. The summed E-state index contributed by atoms with van der Waals surface area (Å²) in [5, 5.41) is 5.78. The molecule has 1 N–H and O–H groups in total. The number of piperidine rings is 2. The summed E-state index contributed by atoms with van der Waals surface area (Å²) in [7, 11) is 0. The predicted molar refractivity (Wildman–Crippen MR) is 298 cm³/mol. The Hall–Kier alpha value is -4.17. The van der Waals surface area contributed by atoms with Crippen molar-refractivity contribution in [3.05, 3.63) is 190 Å². The molecule has 2 atom stereocenters. The molecule has 2 saturated heterocycles. The topological polar surface area (TPSA) is 66.0 Å². The Morgan fingerprint density at radius 2 is 1.01 bits per heavy atom. The molecule has 72 heavy (non-hydrogen) atoms. The fraction of sp³-hybridized carbons (Fsp3) is 0.414. The molecule has 0 spiro atoms. The summed E-state index contributed by atoms with van der Waals surface area (Å²) >= 11 is 15.5. The van der Waals surface area contributed by atoms with Crippen molar-refractivity contribution in [3.63, 3.8) is 0 Å². The molecule has 0 bridgehead atoms. The van der Waals surface area contributed by atoms with Gasteiger partial charge in [0.15, 0.2) is 0 Å². The number of nitrogens with one attached hydrogen (secondary N) is 1. The van der Waals surface area contributed by atoms with Gasteiger partial charge < -0.3 is 14.8 Å². The number of hydrogen-bond donors (Lipinski definition) is 1. The first-order chi connectivity index (χ1) is 34.5. The third-order valence-electron chi connectivity index (χ3n) is 13.1. The van der Waals surface area contributed by atoms with E-state index >= 15 is 0 Å². The van der Waals surface area contributed by atoms with E-state index in [0.717, 1.165) is 97.1 Å². The summed E-state index contributed by atoms with van der Waals surface area (Å²) < 4.78 is 36.4. The van der Waals surface area contributed by atoms with E-state index in [4.69, 9.17) is 37.7 Å². The molecule has 0 radical (unpaired) electrons. The van der Waals surface area contributed by atoms with Gasteiger partial charge >= 0.3 is 0 Å². The van der Waals surface area contributed by atoms with Gasteiger partial charge in [0.1, 0.15) is 29.7 Å². The van der Waals surface area contributed by atoms with E-state index in [1.807, 2.05) is 48.8 Å². The number of pyridine rings is 2. The van der Waals surface area contributed by atoms with E-state index in [1.165, 1.54) is 48.2 Å². The van der Waals surface area contributed by atoms with E-state index in [9.17, 15) is 8.78 Å². The van der Waals surface area contributed by atoms with Gasteiger partial charge in [0.25, 0.3) is 0 Å². The first kappa shape index (κ1) is 58.7. The van der Waals surface area contributed by atoms with Crippen LogP contribution in [0.25, 0.3) is 0 Å². The average molecular weight is 1110 g/mol. The zero-order chi connectivity index (χ0) is 50.4. The third-order valence-corrected chi connectivity index (χ3v) is 13.9. The molecule has 8 rings (SSSR count). The fourth-order valence-electron chi connectivity index (χ4n) is 9.22. The van der Waals surface area contributed by atoms with E-state index in [2.05, 4.69) is 117 Å². The molecule has 2 aliphatic heterocycles. The maximum absolute atomic E-state index is 13.1. The zero-order valence-electron chi connectivity index (χ0n) is 42.1. The molecule has 4 aromatic carbocycles. The highest BCUT2D eigenvalue weighted by atomic mass is 79.9. The molecular weight excluding hydrogens is 1040 g/mol. The van der Waals surface area contributed by atoms with E-state index in [0.29, 0.717) is 37.0 Å². The summed E-state index contributed by atoms with van der Waals surface area (Å²) in [5.41, 5.74) is 4.65.